The van der Waals surface area contributed by atoms with Crippen molar-refractivity contribution in [2.24, 2.45) is 0 Å². The number of amides is 1. The number of benzene rings is 1. The van der Waals surface area contributed by atoms with Gasteiger partial charge in [0.2, 0.25) is 0 Å². The lowest BCUT2D eigenvalue weighted by atomic mass is 10.2. The Kier molecular flexibility index (Phi) is 5.89. The molecule has 126 valence electrons. The van der Waals surface area contributed by atoms with Crippen LogP contribution in [0, 0.1) is 0 Å². The summed E-state index contributed by atoms with van der Waals surface area (Å²) in [7, 11) is 1.32. The Labute approximate surface area is 141 Å². The first-order valence-electron chi connectivity index (χ1n) is 7.75. The van der Waals surface area contributed by atoms with E-state index in [0.717, 1.165) is 6.42 Å². The number of ether oxygens (including phenoxy) is 1. The quantitative estimate of drug-likeness (QED) is 0.796. The van der Waals surface area contributed by atoms with Crippen LogP contribution >= 0.6 is 0 Å². The van der Waals surface area contributed by atoms with E-state index in [1.807, 2.05) is 6.92 Å². The molecule has 2 N–H and O–H groups in total. The van der Waals surface area contributed by atoms with Crippen molar-refractivity contribution in [3.8, 4) is 0 Å². The summed E-state index contributed by atoms with van der Waals surface area (Å²) in [5.41, 5.74) is 1.39. The summed E-state index contributed by atoms with van der Waals surface area (Å²) in [6.07, 6.45) is 2.54. The molecule has 6 heteroatoms. The fourth-order valence-electron chi connectivity index (χ4n) is 2.05. The van der Waals surface area contributed by atoms with Gasteiger partial charge in [0.1, 0.15) is 5.82 Å². The molecular formula is C18H21N3O3. The second-order valence-electron chi connectivity index (χ2n) is 5.41. The van der Waals surface area contributed by atoms with Gasteiger partial charge in [0.25, 0.3) is 5.91 Å². The highest BCUT2D eigenvalue weighted by molar-refractivity contribution is 6.05. The number of nitrogens with one attached hydrogen (secondary N) is 2. The van der Waals surface area contributed by atoms with Crippen molar-refractivity contribution in [2.45, 2.75) is 26.3 Å². The average molecular weight is 327 g/mol. The third kappa shape index (κ3) is 4.55. The van der Waals surface area contributed by atoms with Crippen LogP contribution < -0.4 is 10.6 Å². The molecule has 1 aromatic carbocycles. The fraction of sp³-hybridized carbons (Fsp3) is 0.278. The monoisotopic (exact) mass is 327 g/mol. The van der Waals surface area contributed by atoms with Crippen LogP contribution in [0.5, 0.6) is 0 Å². The molecule has 0 saturated heterocycles. The van der Waals surface area contributed by atoms with E-state index in [2.05, 4.69) is 27.3 Å². The van der Waals surface area contributed by atoms with Gasteiger partial charge in [0.15, 0.2) is 0 Å². The number of carbonyl (C=O) groups is 2. The number of anilines is 2. The minimum atomic E-state index is -0.449. The van der Waals surface area contributed by atoms with Crippen molar-refractivity contribution in [1.29, 1.82) is 0 Å². The summed E-state index contributed by atoms with van der Waals surface area (Å²) >= 11 is 0. The van der Waals surface area contributed by atoms with Gasteiger partial charge in [-0.3, -0.25) is 4.79 Å². The largest absolute Gasteiger partial charge is 0.465 e. The summed E-state index contributed by atoms with van der Waals surface area (Å²) in [5, 5.41) is 6.00. The maximum Gasteiger partial charge on any atom is 0.337 e. The van der Waals surface area contributed by atoms with Gasteiger partial charge in [-0.05, 0) is 43.7 Å². The van der Waals surface area contributed by atoms with Crippen LogP contribution in [-0.4, -0.2) is 30.0 Å². The summed E-state index contributed by atoms with van der Waals surface area (Å²) in [6.45, 7) is 4.12. The molecular weight excluding hydrogens is 306 g/mol. The molecule has 0 bridgehead atoms. The molecule has 1 atom stereocenters. The Morgan fingerprint density at radius 2 is 2.00 bits per heavy atom. The molecule has 2 aromatic rings. The highest BCUT2D eigenvalue weighted by Gasteiger charge is 2.10. The number of aromatic nitrogens is 1. The molecule has 0 aliphatic heterocycles. The van der Waals surface area contributed by atoms with Crippen molar-refractivity contribution in [2.75, 3.05) is 17.7 Å². The first kappa shape index (κ1) is 17.5. The molecule has 0 fully saturated rings. The Bertz CT molecular complexity index is 731. The maximum atomic E-state index is 12.4. The normalized spacial score (nSPS) is 11.5. The Hall–Kier alpha value is -2.89. The molecule has 0 radical (unpaired) electrons. The Morgan fingerprint density at radius 3 is 2.71 bits per heavy atom. The molecule has 1 aromatic heterocycles. The zero-order chi connectivity index (χ0) is 17.5. The van der Waals surface area contributed by atoms with Crippen LogP contribution in [0.4, 0.5) is 11.5 Å². The van der Waals surface area contributed by atoms with Gasteiger partial charge in [-0.15, -0.1) is 0 Å². The first-order chi connectivity index (χ1) is 11.5. The molecule has 0 spiro atoms. The molecule has 1 heterocycles. The van der Waals surface area contributed by atoms with Gasteiger partial charge in [-0.2, -0.15) is 0 Å². The van der Waals surface area contributed by atoms with Gasteiger partial charge < -0.3 is 15.4 Å². The average Bonchev–Trinajstić information content (AvgIpc) is 2.61. The number of esters is 1. The van der Waals surface area contributed by atoms with E-state index in [1.54, 1.807) is 42.6 Å². The van der Waals surface area contributed by atoms with Crippen molar-refractivity contribution < 1.29 is 14.3 Å². The molecule has 2 rings (SSSR count). The molecule has 1 unspecified atom stereocenters. The van der Waals surface area contributed by atoms with Crippen molar-refractivity contribution >= 4 is 23.4 Å². The summed E-state index contributed by atoms with van der Waals surface area (Å²) in [5.74, 6) is -0.0676. The van der Waals surface area contributed by atoms with Gasteiger partial charge >= 0.3 is 5.97 Å². The number of pyridine rings is 1. The van der Waals surface area contributed by atoms with Gasteiger partial charge in [0.05, 0.1) is 12.7 Å². The molecule has 0 aliphatic carbocycles. The number of rotatable bonds is 6. The number of hydrogen-bond acceptors (Lipinski definition) is 5. The van der Waals surface area contributed by atoms with Crippen molar-refractivity contribution in [3.63, 3.8) is 0 Å². The van der Waals surface area contributed by atoms with E-state index < -0.39 is 5.97 Å². The minimum Gasteiger partial charge on any atom is -0.465 e. The van der Waals surface area contributed by atoms with Crippen molar-refractivity contribution in [1.82, 2.24) is 4.98 Å². The lowest BCUT2D eigenvalue weighted by molar-refractivity contribution is 0.0600. The number of carbonyl (C=O) groups excluding carboxylic acids is 2. The highest BCUT2D eigenvalue weighted by Crippen LogP contribution is 2.15. The summed E-state index contributed by atoms with van der Waals surface area (Å²) < 4.78 is 4.68. The molecule has 1 amide bonds. The van der Waals surface area contributed by atoms with Crippen LogP contribution in [0.25, 0.3) is 0 Å². The summed E-state index contributed by atoms with van der Waals surface area (Å²) in [4.78, 5) is 28.1. The number of hydrogen-bond donors (Lipinski definition) is 2. The zero-order valence-corrected chi connectivity index (χ0v) is 14.0. The third-order valence-corrected chi connectivity index (χ3v) is 3.57. The van der Waals surface area contributed by atoms with Gasteiger partial charge in [-0.25, -0.2) is 9.78 Å². The number of methoxy groups -OCH3 is 1. The van der Waals surface area contributed by atoms with Gasteiger partial charge in [0, 0.05) is 23.5 Å². The predicted molar refractivity (Wildman–Crippen MR) is 93.3 cm³/mol. The van der Waals surface area contributed by atoms with Crippen LogP contribution in [0.15, 0.2) is 42.6 Å². The standard InChI is InChI=1S/C18H21N3O3/c1-4-12(2)20-16-11-13(8-9-19-16)17(22)21-15-7-5-6-14(10-15)18(23)24-3/h5-12H,4H2,1-3H3,(H,19,20)(H,21,22). The Balaban J connectivity index is 2.12. The van der Waals surface area contributed by atoms with E-state index in [9.17, 15) is 9.59 Å². The smallest absolute Gasteiger partial charge is 0.337 e. The van der Waals surface area contributed by atoms with Crippen LogP contribution in [0.2, 0.25) is 0 Å². The van der Waals surface area contributed by atoms with E-state index in [-0.39, 0.29) is 11.9 Å². The SMILES string of the molecule is CCC(C)Nc1cc(C(=O)Nc2cccc(C(=O)OC)c2)ccn1. The topological polar surface area (TPSA) is 80.3 Å². The molecule has 0 saturated carbocycles. The van der Waals surface area contributed by atoms with E-state index in [0.29, 0.717) is 22.6 Å². The maximum absolute atomic E-state index is 12.4. The number of nitrogens with zero attached hydrogens (tertiary/aromatic N) is 1. The first-order valence-corrected chi connectivity index (χ1v) is 7.75. The van der Waals surface area contributed by atoms with E-state index in [1.165, 1.54) is 7.11 Å². The van der Waals surface area contributed by atoms with Crippen LogP contribution in [0.1, 0.15) is 41.0 Å². The van der Waals surface area contributed by atoms with E-state index >= 15 is 0 Å². The summed E-state index contributed by atoms with van der Waals surface area (Å²) in [6, 6.07) is 10.2. The second-order valence-corrected chi connectivity index (χ2v) is 5.41. The highest BCUT2D eigenvalue weighted by atomic mass is 16.5. The van der Waals surface area contributed by atoms with Crippen LogP contribution in [-0.2, 0) is 4.74 Å². The lowest BCUT2D eigenvalue weighted by Crippen LogP contribution is -2.16. The van der Waals surface area contributed by atoms with Crippen molar-refractivity contribution in [3.05, 3.63) is 53.7 Å². The lowest BCUT2D eigenvalue weighted by Gasteiger charge is -2.13. The molecule has 0 aliphatic rings. The fourth-order valence-corrected chi connectivity index (χ4v) is 2.05. The van der Waals surface area contributed by atoms with E-state index in [4.69, 9.17) is 0 Å². The van der Waals surface area contributed by atoms with Gasteiger partial charge in [-0.1, -0.05) is 13.0 Å². The second kappa shape index (κ2) is 8.10. The zero-order valence-electron chi connectivity index (χ0n) is 14.0. The third-order valence-electron chi connectivity index (χ3n) is 3.57. The molecule has 24 heavy (non-hydrogen) atoms. The predicted octanol–water partition coefficient (Wildman–Crippen LogP) is 3.33. The minimum absolute atomic E-state index is 0.271. The Morgan fingerprint density at radius 1 is 1.21 bits per heavy atom. The van der Waals surface area contributed by atoms with Crippen LogP contribution in [0.3, 0.4) is 0 Å². The molecule has 6 nitrogen and oxygen atoms in total.